The number of aryl methyl sites for hydroxylation is 1. The van der Waals surface area contributed by atoms with Crippen molar-refractivity contribution >= 4 is 9.84 Å². The molecular formula is C13H13N3O3S. The van der Waals surface area contributed by atoms with Crippen molar-refractivity contribution in [3.63, 3.8) is 0 Å². The number of aliphatic hydroxyl groups is 1. The summed E-state index contributed by atoms with van der Waals surface area (Å²) >= 11 is 0. The lowest BCUT2D eigenvalue weighted by atomic mass is 10.2. The first kappa shape index (κ1) is 14.2. The molecule has 20 heavy (non-hydrogen) atoms. The van der Waals surface area contributed by atoms with Gasteiger partial charge in [0.25, 0.3) is 0 Å². The fraction of sp³-hybridized carbons (Fsp3) is 0.231. The van der Waals surface area contributed by atoms with E-state index in [1.54, 1.807) is 10.8 Å². The molecule has 0 aliphatic carbocycles. The van der Waals surface area contributed by atoms with Gasteiger partial charge in [0.05, 0.1) is 22.3 Å². The Bertz CT molecular complexity index is 727. The smallest absolute Gasteiger partial charge is 0.180 e. The van der Waals surface area contributed by atoms with E-state index in [1.165, 1.54) is 30.5 Å². The van der Waals surface area contributed by atoms with E-state index in [0.29, 0.717) is 11.4 Å². The Labute approximate surface area is 116 Å². The predicted molar refractivity (Wildman–Crippen MR) is 71.4 cm³/mol. The maximum atomic E-state index is 12.1. The van der Waals surface area contributed by atoms with Gasteiger partial charge in [0.1, 0.15) is 12.4 Å². The molecule has 1 N–H and O–H groups in total. The van der Waals surface area contributed by atoms with Crippen molar-refractivity contribution in [3.05, 3.63) is 48.0 Å². The highest BCUT2D eigenvalue weighted by atomic mass is 32.2. The van der Waals surface area contributed by atoms with Crippen molar-refractivity contribution in [1.29, 1.82) is 5.26 Å². The molecule has 2 rings (SSSR count). The van der Waals surface area contributed by atoms with E-state index in [9.17, 15) is 8.42 Å². The van der Waals surface area contributed by atoms with Crippen LogP contribution in [0, 0.1) is 11.3 Å². The highest BCUT2D eigenvalue weighted by Gasteiger charge is 2.15. The lowest BCUT2D eigenvalue weighted by Crippen LogP contribution is -2.14. The maximum Gasteiger partial charge on any atom is 0.180 e. The third kappa shape index (κ3) is 3.04. The fourth-order valence-corrected chi connectivity index (χ4v) is 2.99. The minimum Gasteiger partial charge on any atom is -0.388 e. The normalized spacial score (nSPS) is 11.2. The van der Waals surface area contributed by atoms with Crippen molar-refractivity contribution in [2.45, 2.75) is 18.0 Å². The van der Waals surface area contributed by atoms with Crippen molar-refractivity contribution < 1.29 is 13.5 Å². The topological polar surface area (TPSA) is 96.0 Å². The fourth-order valence-electron chi connectivity index (χ4n) is 1.77. The van der Waals surface area contributed by atoms with Crippen molar-refractivity contribution in [2.75, 3.05) is 5.75 Å². The van der Waals surface area contributed by atoms with Gasteiger partial charge in [-0.2, -0.15) is 5.26 Å². The first-order valence-corrected chi connectivity index (χ1v) is 7.56. The Morgan fingerprint density at radius 1 is 1.30 bits per heavy atom. The van der Waals surface area contributed by atoms with Gasteiger partial charge in [-0.25, -0.2) is 13.4 Å². The van der Waals surface area contributed by atoms with Crippen LogP contribution in [0.25, 0.3) is 0 Å². The molecule has 0 aliphatic heterocycles. The number of benzene rings is 1. The van der Waals surface area contributed by atoms with Crippen LogP contribution < -0.4 is 0 Å². The van der Waals surface area contributed by atoms with Gasteiger partial charge in [0.2, 0.25) is 0 Å². The van der Waals surface area contributed by atoms with E-state index in [4.69, 9.17) is 10.4 Å². The van der Waals surface area contributed by atoms with Crippen LogP contribution in [0.4, 0.5) is 0 Å². The summed E-state index contributed by atoms with van der Waals surface area (Å²) in [6.45, 7) is -0.0118. The molecule has 0 spiro atoms. The van der Waals surface area contributed by atoms with Crippen LogP contribution in [0.15, 0.2) is 41.6 Å². The van der Waals surface area contributed by atoms with E-state index in [0.717, 1.165) is 0 Å². The van der Waals surface area contributed by atoms with Crippen LogP contribution in [0.1, 0.15) is 11.4 Å². The standard InChI is InChI=1S/C13H13N3O3S/c14-9-11-1-3-12(4-2-11)20(18,19)8-7-16-6-5-15-13(16)10-17/h1-6,17H,7-8,10H2. The number of hydrogen-bond acceptors (Lipinski definition) is 5. The quantitative estimate of drug-likeness (QED) is 0.875. The van der Waals surface area contributed by atoms with Crippen molar-refractivity contribution in [3.8, 4) is 6.07 Å². The third-order valence-electron chi connectivity index (χ3n) is 2.89. The number of aromatic nitrogens is 2. The summed E-state index contributed by atoms with van der Waals surface area (Å²) in [6.07, 6.45) is 3.14. The molecule has 104 valence electrons. The van der Waals surface area contributed by atoms with Crippen molar-refractivity contribution in [2.24, 2.45) is 0 Å². The Morgan fingerprint density at radius 2 is 2.00 bits per heavy atom. The molecule has 2 aromatic rings. The summed E-state index contributed by atoms with van der Waals surface area (Å²) in [5.41, 5.74) is 0.418. The minimum atomic E-state index is -3.43. The van der Waals surface area contributed by atoms with Crippen LogP contribution in [0.3, 0.4) is 0 Å². The average Bonchev–Trinajstić information content (AvgIpc) is 2.93. The number of sulfone groups is 1. The second-order valence-electron chi connectivity index (χ2n) is 4.15. The Hall–Kier alpha value is -2.17. The lowest BCUT2D eigenvalue weighted by Gasteiger charge is -2.07. The molecule has 7 heteroatoms. The highest BCUT2D eigenvalue weighted by Crippen LogP contribution is 2.13. The van der Waals surface area contributed by atoms with Gasteiger partial charge in [0, 0.05) is 18.9 Å². The molecule has 0 radical (unpaired) electrons. The van der Waals surface area contributed by atoms with Crippen LogP contribution >= 0.6 is 0 Å². The largest absolute Gasteiger partial charge is 0.388 e. The van der Waals surface area contributed by atoms with E-state index in [2.05, 4.69) is 4.98 Å². The first-order valence-electron chi connectivity index (χ1n) is 5.90. The van der Waals surface area contributed by atoms with Gasteiger partial charge in [0.15, 0.2) is 9.84 Å². The average molecular weight is 291 g/mol. The minimum absolute atomic E-state index is 0.0950. The van der Waals surface area contributed by atoms with Gasteiger partial charge >= 0.3 is 0 Å². The van der Waals surface area contributed by atoms with E-state index >= 15 is 0 Å². The summed E-state index contributed by atoms with van der Waals surface area (Å²) in [5.74, 6) is 0.336. The molecule has 1 aromatic heterocycles. The lowest BCUT2D eigenvalue weighted by molar-refractivity contribution is 0.265. The second kappa shape index (κ2) is 5.86. The molecule has 1 aromatic carbocycles. The summed E-state index contributed by atoms with van der Waals surface area (Å²) < 4.78 is 25.9. The van der Waals surface area contributed by atoms with E-state index < -0.39 is 9.84 Å². The monoisotopic (exact) mass is 291 g/mol. The molecule has 0 saturated heterocycles. The van der Waals surface area contributed by atoms with Gasteiger partial charge in [-0.15, -0.1) is 0 Å². The van der Waals surface area contributed by atoms with Crippen LogP contribution in [0.5, 0.6) is 0 Å². The zero-order chi connectivity index (χ0) is 14.6. The number of nitriles is 1. The molecule has 0 bridgehead atoms. The molecule has 0 aliphatic rings. The summed E-state index contributed by atoms with van der Waals surface area (Å²) in [6, 6.07) is 7.74. The van der Waals surface area contributed by atoms with Crippen LogP contribution in [0.2, 0.25) is 0 Å². The number of hydrogen-bond donors (Lipinski definition) is 1. The molecule has 0 amide bonds. The van der Waals surface area contributed by atoms with Crippen molar-refractivity contribution in [1.82, 2.24) is 9.55 Å². The Kier molecular flexibility index (Phi) is 4.17. The summed E-state index contributed by atoms with van der Waals surface area (Å²) in [4.78, 5) is 4.10. The molecule has 0 fully saturated rings. The molecule has 6 nitrogen and oxygen atoms in total. The summed E-state index contributed by atoms with van der Waals surface area (Å²) in [7, 11) is -3.43. The first-order chi connectivity index (χ1) is 9.56. The van der Waals surface area contributed by atoms with Gasteiger partial charge < -0.3 is 9.67 Å². The molecular weight excluding hydrogens is 278 g/mol. The summed E-state index contributed by atoms with van der Waals surface area (Å²) in [5, 5.41) is 17.7. The number of nitrogens with zero attached hydrogens (tertiary/aromatic N) is 3. The van der Waals surface area contributed by atoms with Gasteiger partial charge in [-0.3, -0.25) is 0 Å². The Balaban J connectivity index is 2.13. The van der Waals surface area contributed by atoms with E-state index in [-0.39, 0.29) is 23.8 Å². The molecule has 0 unspecified atom stereocenters. The number of rotatable bonds is 5. The van der Waals surface area contributed by atoms with Crippen LogP contribution in [-0.4, -0.2) is 28.8 Å². The second-order valence-corrected chi connectivity index (χ2v) is 6.26. The SMILES string of the molecule is N#Cc1ccc(S(=O)(=O)CCn2ccnc2CO)cc1. The van der Waals surface area contributed by atoms with Gasteiger partial charge in [-0.1, -0.05) is 0 Å². The Morgan fingerprint density at radius 3 is 2.60 bits per heavy atom. The van der Waals surface area contributed by atoms with Crippen LogP contribution in [-0.2, 0) is 23.0 Å². The van der Waals surface area contributed by atoms with Gasteiger partial charge in [-0.05, 0) is 24.3 Å². The number of aliphatic hydroxyl groups excluding tert-OH is 1. The maximum absolute atomic E-state index is 12.1. The van der Waals surface area contributed by atoms with E-state index in [1.807, 2.05) is 6.07 Å². The zero-order valence-electron chi connectivity index (χ0n) is 10.6. The molecule has 0 atom stereocenters. The zero-order valence-corrected chi connectivity index (χ0v) is 11.4. The predicted octanol–water partition coefficient (Wildman–Crippen LogP) is 0.721. The molecule has 1 heterocycles. The highest BCUT2D eigenvalue weighted by molar-refractivity contribution is 7.91. The number of imidazole rings is 1. The third-order valence-corrected chi connectivity index (χ3v) is 4.60. The molecule has 0 saturated carbocycles.